The Bertz CT molecular complexity index is 1320. The summed E-state index contributed by atoms with van der Waals surface area (Å²) in [6.45, 7) is 3.27. The first-order chi connectivity index (χ1) is 19.4. The minimum absolute atomic E-state index is 0.0421. The minimum atomic E-state index is -0.800. The molecule has 12 heteroatoms. The third-order valence-corrected chi connectivity index (χ3v) is 7.17. The minimum Gasteiger partial charge on any atom is -0.314 e. The third-order valence-electron chi connectivity index (χ3n) is 6.74. The van der Waals surface area contributed by atoms with E-state index < -0.39 is 18.0 Å². The molecule has 2 amide bonds. The summed E-state index contributed by atoms with van der Waals surface area (Å²) in [6.07, 6.45) is 2.50. The molecule has 0 spiro atoms. The maximum Gasteiger partial charge on any atom is 0.239 e. The molecule has 0 radical (unpaired) electrons. The number of anilines is 1. The summed E-state index contributed by atoms with van der Waals surface area (Å²) < 4.78 is 14.0. The lowest BCUT2D eigenvalue weighted by atomic mass is 9.97. The van der Waals surface area contributed by atoms with Crippen LogP contribution in [-0.2, 0) is 25.8 Å². The van der Waals surface area contributed by atoms with Gasteiger partial charge in [0.25, 0.3) is 0 Å². The molecular formula is C28H32ClFN6O4. The number of carbonyl (C=O) groups is 3. The number of pyridine rings is 1. The average molecular weight is 571 g/mol. The summed E-state index contributed by atoms with van der Waals surface area (Å²) in [6, 6.07) is 12.7. The molecule has 2 aromatic carbocycles. The van der Waals surface area contributed by atoms with Crippen molar-refractivity contribution in [1.29, 1.82) is 0 Å². The summed E-state index contributed by atoms with van der Waals surface area (Å²) in [5.74, 6) is -0.663. The van der Waals surface area contributed by atoms with Crippen molar-refractivity contribution >= 4 is 46.8 Å². The Kier molecular flexibility index (Phi) is 10.5. The van der Waals surface area contributed by atoms with Crippen molar-refractivity contribution in [1.82, 2.24) is 26.1 Å². The first-order valence-electron chi connectivity index (χ1n) is 13.0. The molecule has 10 nitrogen and oxygen atoms in total. The number of nitrogens with one attached hydrogen (secondary N) is 3. The van der Waals surface area contributed by atoms with Gasteiger partial charge in [-0.3, -0.25) is 19.4 Å². The highest BCUT2D eigenvalue weighted by Crippen LogP contribution is 2.24. The van der Waals surface area contributed by atoms with Gasteiger partial charge in [0.05, 0.1) is 17.1 Å². The van der Waals surface area contributed by atoms with E-state index >= 15 is 0 Å². The highest BCUT2D eigenvalue weighted by molar-refractivity contribution is 6.31. The number of hydrogen-bond acceptors (Lipinski definition) is 8. The van der Waals surface area contributed by atoms with Gasteiger partial charge >= 0.3 is 0 Å². The molecule has 1 fully saturated rings. The van der Waals surface area contributed by atoms with E-state index in [-0.39, 0.29) is 42.2 Å². The van der Waals surface area contributed by atoms with E-state index in [1.165, 1.54) is 24.1 Å². The van der Waals surface area contributed by atoms with Crippen molar-refractivity contribution in [2.45, 2.75) is 44.5 Å². The lowest BCUT2D eigenvalue weighted by molar-refractivity contribution is -0.144. The predicted octanol–water partition coefficient (Wildman–Crippen LogP) is 2.75. The molecule has 3 aromatic rings. The van der Waals surface area contributed by atoms with E-state index in [0.29, 0.717) is 25.1 Å². The van der Waals surface area contributed by atoms with Gasteiger partial charge in [-0.05, 0) is 29.5 Å². The topological polar surface area (TPSA) is 116 Å². The predicted molar refractivity (Wildman–Crippen MR) is 150 cm³/mol. The Morgan fingerprint density at radius 2 is 2.02 bits per heavy atom. The largest absolute Gasteiger partial charge is 0.314 e. The van der Waals surface area contributed by atoms with Gasteiger partial charge in [0.1, 0.15) is 18.2 Å². The Hall–Kier alpha value is -3.48. The van der Waals surface area contributed by atoms with Crippen molar-refractivity contribution in [3.8, 4) is 0 Å². The fraction of sp³-hybridized carbons (Fsp3) is 0.357. The number of rotatable bonds is 13. The van der Waals surface area contributed by atoms with E-state index in [9.17, 15) is 18.8 Å². The number of benzene rings is 2. The van der Waals surface area contributed by atoms with Gasteiger partial charge in [-0.2, -0.15) is 5.06 Å². The van der Waals surface area contributed by atoms with Gasteiger partial charge in [0.15, 0.2) is 5.82 Å². The monoisotopic (exact) mass is 570 g/mol. The molecule has 40 heavy (non-hydrogen) atoms. The molecule has 1 saturated heterocycles. The standard InChI is InChI=1S/C28H32ClFN6O4/c1-19(39)36(34-16-22-8-4-9-23(30)27(22)29)25(10-5-13-37)28(24-17-31-11-12-32-24)40-35(18-38)26-14-20-6-2-3-7-21(20)15-33-26/h2-4,6-9,13-15,18,24-25,28,31-32,34H,5,10-12,16-17H2,1H3/t24?,25-,28?/m1/s1. The summed E-state index contributed by atoms with van der Waals surface area (Å²) >= 11 is 6.14. The Morgan fingerprint density at radius 1 is 1.23 bits per heavy atom. The lowest BCUT2D eigenvalue weighted by Gasteiger charge is -2.42. The molecule has 1 aromatic heterocycles. The van der Waals surface area contributed by atoms with Gasteiger partial charge in [0, 0.05) is 51.1 Å². The Labute approximate surface area is 236 Å². The van der Waals surface area contributed by atoms with Crippen LogP contribution >= 0.6 is 11.6 Å². The zero-order valence-electron chi connectivity index (χ0n) is 22.1. The molecule has 4 rings (SSSR count). The quantitative estimate of drug-likeness (QED) is 0.212. The molecule has 0 saturated carbocycles. The van der Waals surface area contributed by atoms with Gasteiger partial charge < -0.3 is 15.4 Å². The number of halogens is 2. The van der Waals surface area contributed by atoms with Crippen LogP contribution in [0, 0.1) is 5.82 Å². The van der Waals surface area contributed by atoms with Crippen LogP contribution in [-0.4, -0.2) is 66.4 Å². The van der Waals surface area contributed by atoms with Crippen LogP contribution in [0.5, 0.6) is 0 Å². The number of hydrogen-bond donors (Lipinski definition) is 3. The second-order valence-electron chi connectivity index (χ2n) is 9.40. The highest BCUT2D eigenvalue weighted by Gasteiger charge is 2.38. The Balaban J connectivity index is 1.67. The number of aldehydes is 1. The molecule has 0 aliphatic carbocycles. The SMILES string of the molecule is CC(=O)N(NCc1cccc(F)c1Cl)[C@H](CCC=O)C(ON(C=O)c1cc2ccccc2cn1)C1CNCCN1. The Morgan fingerprint density at radius 3 is 2.73 bits per heavy atom. The van der Waals surface area contributed by atoms with E-state index in [1.807, 2.05) is 24.3 Å². The molecule has 212 valence electrons. The van der Waals surface area contributed by atoms with Crippen LogP contribution < -0.4 is 21.1 Å². The van der Waals surface area contributed by atoms with Crippen LogP contribution in [0.4, 0.5) is 10.2 Å². The summed E-state index contributed by atoms with van der Waals surface area (Å²) in [4.78, 5) is 47.4. The smallest absolute Gasteiger partial charge is 0.239 e. The normalized spacial score (nSPS) is 16.7. The lowest BCUT2D eigenvalue weighted by Crippen LogP contribution is -2.64. The van der Waals surface area contributed by atoms with E-state index in [4.69, 9.17) is 16.4 Å². The first kappa shape index (κ1) is 29.5. The molecule has 0 bridgehead atoms. The van der Waals surface area contributed by atoms with Gasteiger partial charge in [-0.25, -0.2) is 14.8 Å². The average Bonchev–Trinajstić information content (AvgIpc) is 2.98. The maximum atomic E-state index is 14.0. The van der Waals surface area contributed by atoms with Crippen molar-refractivity contribution < 1.29 is 23.6 Å². The number of aromatic nitrogens is 1. The van der Waals surface area contributed by atoms with Crippen LogP contribution in [0.1, 0.15) is 25.3 Å². The second kappa shape index (κ2) is 14.2. The number of hydroxylamine groups is 1. The molecule has 1 aliphatic rings. The summed E-state index contributed by atoms with van der Waals surface area (Å²) in [5.41, 5.74) is 3.50. The number of nitrogens with zero attached hydrogens (tertiary/aromatic N) is 3. The fourth-order valence-electron chi connectivity index (χ4n) is 4.77. The highest BCUT2D eigenvalue weighted by atomic mass is 35.5. The molecule has 1 aliphatic heterocycles. The zero-order chi connectivity index (χ0) is 28.5. The van der Waals surface area contributed by atoms with Gasteiger partial charge in [0.2, 0.25) is 12.3 Å². The molecule has 2 heterocycles. The fourth-order valence-corrected chi connectivity index (χ4v) is 4.97. The summed E-state index contributed by atoms with van der Waals surface area (Å²) in [7, 11) is 0. The number of piperazine rings is 1. The van der Waals surface area contributed by atoms with Crippen molar-refractivity contribution in [2.24, 2.45) is 0 Å². The van der Waals surface area contributed by atoms with E-state index in [1.54, 1.807) is 18.3 Å². The van der Waals surface area contributed by atoms with Crippen molar-refractivity contribution in [3.05, 3.63) is 71.1 Å². The van der Waals surface area contributed by atoms with Crippen molar-refractivity contribution in [3.63, 3.8) is 0 Å². The number of amides is 2. The van der Waals surface area contributed by atoms with Gasteiger partial charge in [-0.1, -0.05) is 48.0 Å². The van der Waals surface area contributed by atoms with Crippen LogP contribution in [0.3, 0.4) is 0 Å². The first-order valence-corrected chi connectivity index (χ1v) is 13.4. The molecule has 3 N–H and O–H groups in total. The molecular weight excluding hydrogens is 539 g/mol. The van der Waals surface area contributed by atoms with Gasteiger partial charge in [-0.15, -0.1) is 0 Å². The number of hydrazine groups is 1. The second-order valence-corrected chi connectivity index (χ2v) is 9.78. The van der Waals surface area contributed by atoms with Crippen LogP contribution in [0.25, 0.3) is 10.8 Å². The number of carbonyl (C=O) groups excluding carboxylic acids is 3. The number of fused-ring (bicyclic) bond motifs is 1. The van der Waals surface area contributed by atoms with Crippen molar-refractivity contribution in [2.75, 3.05) is 24.7 Å². The maximum absolute atomic E-state index is 14.0. The zero-order valence-corrected chi connectivity index (χ0v) is 22.8. The molecule has 2 unspecified atom stereocenters. The summed E-state index contributed by atoms with van der Waals surface area (Å²) in [5, 5.41) is 10.8. The van der Waals surface area contributed by atoms with E-state index in [0.717, 1.165) is 28.7 Å². The van der Waals surface area contributed by atoms with Crippen LogP contribution in [0.2, 0.25) is 5.02 Å². The van der Waals surface area contributed by atoms with Crippen LogP contribution in [0.15, 0.2) is 54.7 Å². The van der Waals surface area contributed by atoms with E-state index in [2.05, 4.69) is 21.0 Å². The third kappa shape index (κ3) is 7.18. The molecule has 3 atom stereocenters.